The van der Waals surface area contributed by atoms with E-state index in [1.807, 2.05) is 19.1 Å². The second-order valence-electron chi connectivity index (χ2n) is 4.55. The van der Waals surface area contributed by atoms with E-state index in [2.05, 4.69) is 15.9 Å². The van der Waals surface area contributed by atoms with Crippen molar-refractivity contribution >= 4 is 21.6 Å². The van der Waals surface area contributed by atoms with Gasteiger partial charge in [0.15, 0.2) is 0 Å². The first-order chi connectivity index (χ1) is 7.29. The van der Waals surface area contributed by atoms with Gasteiger partial charge in [0.05, 0.1) is 17.9 Å². The first-order valence-corrected chi connectivity index (χ1v) is 6.00. The summed E-state index contributed by atoms with van der Waals surface area (Å²) in [5, 5.41) is 9.56. The Morgan fingerprint density at radius 2 is 2.06 bits per heavy atom. The van der Waals surface area contributed by atoms with Gasteiger partial charge in [-0.2, -0.15) is 0 Å². The van der Waals surface area contributed by atoms with Gasteiger partial charge < -0.3 is 15.6 Å². The molecule has 0 radical (unpaired) electrons. The Kier molecular flexibility index (Phi) is 4.21. The predicted molar refractivity (Wildman–Crippen MR) is 69.7 cm³/mol. The van der Waals surface area contributed by atoms with Crippen LogP contribution in [0.1, 0.15) is 25.8 Å². The van der Waals surface area contributed by atoms with Crippen molar-refractivity contribution in [3.63, 3.8) is 0 Å². The summed E-state index contributed by atoms with van der Waals surface area (Å²) in [6, 6.07) is 3.77. The number of anilines is 1. The molecule has 1 rings (SSSR count). The Balaban J connectivity index is 2.68. The van der Waals surface area contributed by atoms with Gasteiger partial charge >= 0.3 is 0 Å². The Morgan fingerprint density at radius 1 is 1.44 bits per heavy atom. The molecule has 0 saturated heterocycles. The fourth-order valence-electron chi connectivity index (χ4n) is 1.36. The third-order valence-electron chi connectivity index (χ3n) is 2.23. The number of hydrogen-bond donors (Lipinski definition) is 2. The normalized spacial score (nSPS) is 11.6. The summed E-state index contributed by atoms with van der Waals surface area (Å²) in [5.74, 6) is 0.701. The van der Waals surface area contributed by atoms with Crippen LogP contribution in [0.3, 0.4) is 0 Å². The first-order valence-electron chi connectivity index (χ1n) is 5.20. The molecule has 3 nitrogen and oxygen atoms in total. The molecule has 0 aliphatic rings. The molecule has 0 spiro atoms. The molecule has 0 aliphatic heterocycles. The number of aryl methyl sites for hydroxylation is 1. The highest BCUT2D eigenvalue weighted by Crippen LogP contribution is 2.30. The lowest BCUT2D eigenvalue weighted by atomic mass is 10.1. The van der Waals surface area contributed by atoms with Gasteiger partial charge in [-0.15, -0.1) is 0 Å². The van der Waals surface area contributed by atoms with Crippen LogP contribution in [0.5, 0.6) is 5.75 Å². The predicted octanol–water partition coefficient (Wildman–Crippen LogP) is 2.88. The van der Waals surface area contributed by atoms with Crippen molar-refractivity contribution in [2.45, 2.75) is 32.8 Å². The number of aliphatic hydroxyl groups is 1. The molecule has 0 fully saturated rings. The van der Waals surface area contributed by atoms with E-state index in [0.717, 1.165) is 10.0 Å². The van der Waals surface area contributed by atoms with Crippen LogP contribution < -0.4 is 10.5 Å². The minimum atomic E-state index is -0.710. The lowest BCUT2D eigenvalue weighted by Gasteiger charge is -2.18. The highest BCUT2D eigenvalue weighted by Gasteiger charge is 2.13. The van der Waals surface area contributed by atoms with Crippen LogP contribution in [0.25, 0.3) is 0 Å². The maximum Gasteiger partial charge on any atom is 0.145 e. The van der Waals surface area contributed by atoms with Crippen LogP contribution in [0, 0.1) is 6.92 Å². The molecule has 1 aromatic rings. The van der Waals surface area contributed by atoms with E-state index in [-0.39, 0.29) is 0 Å². The molecule has 1 aromatic carbocycles. The van der Waals surface area contributed by atoms with Gasteiger partial charge in [-0.05, 0) is 38.5 Å². The zero-order valence-electron chi connectivity index (χ0n) is 9.88. The lowest BCUT2D eigenvalue weighted by molar-refractivity contribution is 0.0553. The number of nitrogen functional groups attached to an aromatic ring is 1. The van der Waals surface area contributed by atoms with Crippen LogP contribution in [0.15, 0.2) is 16.6 Å². The molecule has 0 heterocycles. The van der Waals surface area contributed by atoms with Crippen molar-refractivity contribution in [2.75, 3.05) is 12.3 Å². The summed E-state index contributed by atoms with van der Waals surface area (Å²) in [4.78, 5) is 0. The molecular formula is C12H18BrNO2. The van der Waals surface area contributed by atoms with Crippen LogP contribution in [0.2, 0.25) is 0 Å². The van der Waals surface area contributed by atoms with Crippen molar-refractivity contribution in [1.82, 2.24) is 0 Å². The molecule has 16 heavy (non-hydrogen) atoms. The Bertz CT molecular complexity index is 349. The Morgan fingerprint density at radius 3 is 2.56 bits per heavy atom. The summed E-state index contributed by atoms with van der Waals surface area (Å²) in [6.45, 7) is 5.92. The average Bonchev–Trinajstić information content (AvgIpc) is 2.07. The SMILES string of the molecule is Cc1cc(Br)cc(N)c1OCCC(C)(C)O. The van der Waals surface area contributed by atoms with E-state index in [1.54, 1.807) is 13.8 Å². The highest BCUT2D eigenvalue weighted by molar-refractivity contribution is 9.10. The van der Waals surface area contributed by atoms with Crippen molar-refractivity contribution in [3.8, 4) is 5.75 Å². The molecule has 0 atom stereocenters. The second kappa shape index (κ2) is 5.06. The molecule has 90 valence electrons. The fraction of sp³-hybridized carbons (Fsp3) is 0.500. The maximum absolute atomic E-state index is 9.56. The van der Waals surface area contributed by atoms with Crippen LogP contribution in [-0.4, -0.2) is 17.3 Å². The number of rotatable bonds is 4. The highest BCUT2D eigenvalue weighted by atomic mass is 79.9. The summed E-state index contributed by atoms with van der Waals surface area (Å²) in [5.41, 5.74) is 6.75. The van der Waals surface area contributed by atoms with Gasteiger partial charge in [-0.25, -0.2) is 0 Å². The van der Waals surface area contributed by atoms with Crippen LogP contribution >= 0.6 is 15.9 Å². The van der Waals surface area contributed by atoms with Gasteiger partial charge in [0.1, 0.15) is 5.75 Å². The summed E-state index contributed by atoms with van der Waals surface area (Å²) in [6.07, 6.45) is 0.571. The molecule has 0 unspecified atom stereocenters. The standard InChI is InChI=1S/C12H18BrNO2/c1-8-6-9(13)7-10(14)11(8)16-5-4-12(2,3)15/h6-7,15H,4-5,14H2,1-3H3. The maximum atomic E-state index is 9.56. The van der Waals surface area contributed by atoms with E-state index in [9.17, 15) is 5.11 Å². The molecule has 3 N–H and O–H groups in total. The summed E-state index contributed by atoms with van der Waals surface area (Å²) < 4.78 is 6.53. The first kappa shape index (κ1) is 13.3. The molecule has 0 bridgehead atoms. The van der Waals surface area contributed by atoms with E-state index < -0.39 is 5.60 Å². The Hall–Kier alpha value is -0.740. The van der Waals surface area contributed by atoms with E-state index >= 15 is 0 Å². The van der Waals surface area contributed by atoms with Gasteiger partial charge in [-0.1, -0.05) is 15.9 Å². The summed E-state index contributed by atoms with van der Waals surface area (Å²) in [7, 11) is 0. The van der Waals surface area contributed by atoms with E-state index in [4.69, 9.17) is 10.5 Å². The number of nitrogens with two attached hydrogens (primary N) is 1. The van der Waals surface area contributed by atoms with Crippen molar-refractivity contribution in [3.05, 3.63) is 22.2 Å². The molecule has 0 aliphatic carbocycles. The minimum Gasteiger partial charge on any atom is -0.491 e. The third-order valence-corrected chi connectivity index (χ3v) is 2.69. The number of benzene rings is 1. The third kappa shape index (κ3) is 4.02. The average molecular weight is 288 g/mol. The van der Waals surface area contributed by atoms with Crippen molar-refractivity contribution in [1.29, 1.82) is 0 Å². The van der Waals surface area contributed by atoms with Gasteiger partial charge in [0.2, 0.25) is 0 Å². The van der Waals surface area contributed by atoms with Crippen molar-refractivity contribution < 1.29 is 9.84 Å². The lowest BCUT2D eigenvalue weighted by Crippen LogP contribution is -2.22. The van der Waals surface area contributed by atoms with E-state index in [1.165, 1.54) is 0 Å². The second-order valence-corrected chi connectivity index (χ2v) is 5.47. The number of hydrogen-bond acceptors (Lipinski definition) is 3. The van der Waals surface area contributed by atoms with E-state index in [0.29, 0.717) is 24.5 Å². The Labute approximate surface area is 105 Å². The zero-order chi connectivity index (χ0) is 12.3. The van der Waals surface area contributed by atoms with Crippen molar-refractivity contribution in [2.24, 2.45) is 0 Å². The molecular weight excluding hydrogens is 270 g/mol. The smallest absolute Gasteiger partial charge is 0.145 e. The minimum absolute atomic E-state index is 0.455. The molecule has 4 heteroatoms. The zero-order valence-corrected chi connectivity index (χ0v) is 11.5. The molecule has 0 aromatic heterocycles. The number of halogens is 1. The quantitative estimate of drug-likeness (QED) is 0.838. The largest absolute Gasteiger partial charge is 0.491 e. The fourth-order valence-corrected chi connectivity index (χ4v) is 1.95. The number of ether oxygens (including phenoxy) is 1. The topological polar surface area (TPSA) is 55.5 Å². The van der Waals surface area contributed by atoms with Crippen LogP contribution in [-0.2, 0) is 0 Å². The molecule has 0 saturated carbocycles. The van der Waals surface area contributed by atoms with Gasteiger partial charge in [-0.3, -0.25) is 0 Å². The van der Waals surface area contributed by atoms with Gasteiger partial charge in [0, 0.05) is 10.9 Å². The monoisotopic (exact) mass is 287 g/mol. The summed E-state index contributed by atoms with van der Waals surface area (Å²) >= 11 is 3.37. The van der Waals surface area contributed by atoms with Crippen LogP contribution in [0.4, 0.5) is 5.69 Å². The van der Waals surface area contributed by atoms with Gasteiger partial charge in [0.25, 0.3) is 0 Å². The molecule has 0 amide bonds.